The van der Waals surface area contributed by atoms with Gasteiger partial charge in [-0.3, -0.25) is 4.79 Å². The minimum absolute atomic E-state index is 0.228. The van der Waals surface area contributed by atoms with Crippen LogP contribution in [0.4, 0.5) is 0 Å². The molecule has 5 nitrogen and oxygen atoms in total. The van der Waals surface area contributed by atoms with Crippen LogP contribution in [-0.2, 0) is 12.8 Å². The molecule has 0 atom stereocenters. The van der Waals surface area contributed by atoms with Crippen LogP contribution in [0.3, 0.4) is 0 Å². The Kier molecular flexibility index (Phi) is 3.88. The monoisotopic (exact) mass is 334 g/mol. The van der Waals surface area contributed by atoms with E-state index in [1.165, 1.54) is 21.4 Å². The normalized spacial score (nSPS) is 11.0. The molecule has 6 heteroatoms. The molecule has 0 N–H and O–H groups in total. The van der Waals surface area contributed by atoms with Crippen LogP contribution >= 0.6 is 11.3 Å². The summed E-state index contributed by atoms with van der Waals surface area (Å²) >= 11 is 1.41. The highest BCUT2D eigenvalue weighted by Crippen LogP contribution is 2.16. The first-order valence-corrected chi connectivity index (χ1v) is 8.48. The standard InChI is InChI=1S/C18H14N4OS/c23-17-16(14-9-5-2-6-10-14)19-20-18-22(17)21-15(24-18)12-11-13-7-3-1-4-8-13/h1-10H,11-12H2. The van der Waals surface area contributed by atoms with Crippen molar-refractivity contribution in [1.29, 1.82) is 0 Å². The lowest BCUT2D eigenvalue weighted by Crippen LogP contribution is -2.19. The Morgan fingerprint density at radius 3 is 2.33 bits per heavy atom. The van der Waals surface area contributed by atoms with Crippen molar-refractivity contribution in [3.8, 4) is 11.3 Å². The van der Waals surface area contributed by atoms with Gasteiger partial charge >= 0.3 is 5.56 Å². The number of nitrogens with zero attached hydrogens (tertiary/aromatic N) is 4. The third kappa shape index (κ3) is 2.83. The summed E-state index contributed by atoms with van der Waals surface area (Å²) in [5, 5.41) is 13.6. The molecular weight excluding hydrogens is 320 g/mol. The third-order valence-corrected chi connectivity index (χ3v) is 4.71. The molecule has 2 aromatic heterocycles. The van der Waals surface area contributed by atoms with Gasteiger partial charge in [0, 0.05) is 12.0 Å². The van der Waals surface area contributed by atoms with Gasteiger partial charge in [0.2, 0.25) is 4.96 Å². The Hall–Kier alpha value is -2.86. The number of hydrogen-bond donors (Lipinski definition) is 0. The van der Waals surface area contributed by atoms with Gasteiger partial charge in [0.25, 0.3) is 0 Å². The molecule has 0 aliphatic carbocycles. The first-order valence-electron chi connectivity index (χ1n) is 7.66. The van der Waals surface area contributed by atoms with Crippen LogP contribution in [0.2, 0.25) is 0 Å². The molecule has 0 fully saturated rings. The van der Waals surface area contributed by atoms with Gasteiger partial charge in [-0.15, -0.1) is 10.2 Å². The lowest BCUT2D eigenvalue weighted by Gasteiger charge is -1.98. The molecule has 0 saturated heterocycles. The van der Waals surface area contributed by atoms with E-state index in [2.05, 4.69) is 27.4 Å². The summed E-state index contributed by atoms with van der Waals surface area (Å²) in [7, 11) is 0. The molecule has 4 rings (SSSR count). The van der Waals surface area contributed by atoms with Gasteiger partial charge in [-0.05, 0) is 12.0 Å². The summed E-state index contributed by atoms with van der Waals surface area (Å²) in [5.41, 5.74) is 2.10. The van der Waals surface area contributed by atoms with Crippen LogP contribution in [0.15, 0.2) is 65.5 Å². The smallest absolute Gasteiger partial charge is 0.265 e. The van der Waals surface area contributed by atoms with Crippen LogP contribution in [0.25, 0.3) is 16.2 Å². The average molecular weight is 334 g/mol. The van der Waals surface area contributed by atoms with Crippen molar-refractivity contribution < 1.29 is 0 Å². The Morgan fingerprint density at radius 2 is 1.58 bits per heavy atom. The van der Waals surface area contributed by atoms with E-state index in [0.29, 0.717) is 10.7 Å². The number of aromatic nitrogens is 4. The molecule has 24 heavy (non-hydrogen) atoms. The molecule has 0 radical (unpaired) electrons. The van der Waals surface area contributed by atoms with Crippen molar-refractivity contribution in [3.63, 3.8) is 0 Å². The second kappa shape index (κ2) is 6.33. The number of aryl methyl sites for hydroxylation is 2. The number of rotatable bonds is 4. The van der Waals surface area contributed by atoms with E-state index in [1.54, 1.807) is 0 Å². The van der Waals surface area contributed by atoms with Crippen molar-refractivity contribution in [1.82, 2.24) is 19.8 Å². The summed E-state index contributed by atoms with van der Waals surface area (Å²) in [5.74, 6) is 0. The second-order valence-electron chi connectivity index (χ2n) is 5.40. The second-order valence-corrected chi connectivity index (χ2v) is 6.44. The fraction of sp³-hybridized carbons (Fsp3) is 0.111. The van der Waals surface area contributed by atoms with E-state index in [4.69, 9.17) is 0 Å². The van der Waals surface area contributed by atoms with E-state index in [-0.39, 0.29) is 5.56 Å². The fourth-order valence-corrected chi connectivity index (χ4v) is 3.36. The average Bonchev–Trinajstić information content (AvgIpc) is 3.06. The van der Waals surface area contributed by atoms with E-state index < -0.39 is 0 Å². The molecule has 0 saturated carbocycles. The van der Waals surface area contributed by atoms with E-state index in [9.17, 15) is 4.79 Å². The molecule has 2 heterocycles. The first kappa shape index (κ1) is 14.7. The van der Waals surface area contributed by atoms with E-state index in [0.717, 1.165) is 23.4 Å². The highest BCUT2D eigenvalue weighted by Gasteiger charge is 2.13. The minimum Gasteiger partial charge on any atom is -0.265 e. The minimum atomic E-state index is -0.228. The first-order chi connectivity index (χ1) is 11.8. The zero-order valence-corrected chi connectivity index (χ0v) is 13.6. The van der Waals surface area contributed by atoms with Crippen LogP contribution in [0.1, 0.15) is 10.6 Å². The summed E-state index contributed by atoms with van der Waals surface area (Å²) in [6, 6.07) is 19.6. The van der Waals surface area contributed by atoms with Crippen LogP contribution < -0.4 is 5.56 Å². The maximum Gasteiger partial charge on any atom is 0.302 e. The Labute approximate surface area is 142 Å². The lowest BCUT2D eigenvalue weighted by molar-refractivity contribution is 0.815. The van der Waals surface area contributed by atoms with Gasteiger partial charge in [-0.2, -0.15) is 9.61 Å². The maximum absolute atomic E-state index is 12.6. The predicted octanol–water partition coefficient (Wildman–Crippen LogP) is 3.00. The summed E-state index contributed by atoms with van der Waals surface area (Å²) < 4.78 is 1.36. The third-order valence-electron chi connectivity index (χ3n) is 3.75. The highest BCUT2D eigenvalue weighted by atomic mass is 32.1. The summed E-state index contributed by atoms with van der Waals surface area (Å²) in [6.07, 6.45) is 1.66. The lowest BCUT2D eigenvalue weighted by atomic mass is 10.1. The fourth-order valence-electron chi connectivity index (χ4n) is 2.53. The van der Waals surface area contributed by atoms with Gasteiger partial charge in [-0.25, -0.2) is 0 Å². The van der Waals surface area contributed by atoms with Crippen molar-refractivity contribution >= 4 is 16.3 Å². The molecule has 0 aliphatic heterocycles. The van der Waals surface area contributed by atoms with Gasteiger partial charge in [0.15, 0.2) is 5.69 Å². The molecule has 4 aromatic rings. The zero-order chi connectivity index (χ0) is 16.4. The SMILES string of the molecule is O=c1c(-c2ccccc2)nnc2sc(CCc3ccccc3)nn12. The van der Waals surface area contributed by atoms with Crippen molar-refractivity contribution in [2.45, 2.75) is 12.8 Å². The van der Waals surface area contributed by atoms with Crippen LogP contribution in [0, 0.1) is 0 Å². The molecule has 0 aliphatic rings. The quantitative estimate of drug-likeness (QED) is 0.576. The van der Waals surface area contributed by atoms with Crippen molar-refractivity contribution in [2.24, 2.45) is 0 Å². The van der Waals surface area contributed by atoms with Crippen molar-refractivity contribution in [3.05, 3.63) is 81.6 Å². The molecule has 0 spiro atoms. The Morgan fingerprint density at radius 1 is 0.875 bits per heavy atom. The van der Waals surface area contributed by atoms with Gasteiger partial charge in [-0.1, -0.05) is 72.0 Å². The van der Waals surface area contributed by atoms with Crippen molar-refractivity contribution in [2.75, 3.05) is 0 Å². The van der Waals surface area contributed by atoms with E-state index >= 15 is 0 Å². The van der Waals surface area contributed by atoms with Crippen LogP contribution in [-0.4, -0.2) is 19.8 Å². The van der Waals surface area contributed by atoms with Gasteiger partial charge in [0.05, 0.1) is 0 Å². The summed E-state index contributed by atoms with van der Waals surface area (Å²) in [4.78, 5) is 13.2. The topological polar surface area (TPSA) is 60.2 Å². The number of fused-ring (bicyclic) bond motifs is 1. The summed E-state index contributed by atoms with van der Waals surface area (Å²) in [6.45, 7) is 0. The van der Waals surface area contributed by atoms with Gasteiger partial charge in [0.1, 0.15) is 5.01 Å². The Bertz CT molecular complexity index is 1030. The van der Waals surface area contributed by atoms with Crippen LogP contribution in [0.5, 0.6) is 0 Å². The molecule has 0 bridgehead atoms. The molecule has 0 amide bonds. The predicted molar refractivity (Wildman–Crippen MR) is 94.2 cm³/mol. The Balaban J connectivity index is 1.66. The molecular formula is C18H14N4OS. The molecule has 118 valence electrons. The largest absolute Gasteiger partial charge is 0.302 e. The number of hydrogen-bond acceptors (Lipinski definition) is 5. The molecule has 2 aromatic carbocycles. The van der Waals surface area contributed by atoms with E-state index in [1.807, 2.05) is 48.5 Å². The van der Waals surface area contributed by atoms with Gasteiger partial charge < -0.3 is 0 Å². The molecule has 0 unspecified atom stereocenters. The highest BCUT2D eigenvalue weighted by molar-refractivity contribution is 7.16. The maximum atomic E-state index is 12.6. The zero-order valence-electron chi connectivity index (χ0n) is 12.8. The number of benzene rings is 2.